The van der Waals surface area contributed by atoms with Gasteiger partial charge in [-0.25, -0.2) is 4.39 Å². The molecule has 3 rings (SSSR count). The molecule has 0 unspecified atom stereocenters. The second-order valence-electron chi connectivity index (χ2n) is 4.50. The van der Waals surface area contributed by atoms with Crippen molar-refractivity contribution < 1.29 is 18.3 Å². The van der Waals surface area contributed by atoms with E-state index in [2.05, 4.69) is 9.97 Å². The summed E-state index contributed by atoms with van der Waals surface area (Å²) < 4.78 is 23.8. The number of ether oxygens (including phenoxy) is 1. The molecule has 5 nitrogen and oxygen atoms in total. The zero-order chi connectivity index (χ0) is 15.5. The Morgan fingerprint density at radius 1 is 1.17 bits per heavy atom. The highest BCUT2D eigenvalue weighted by molar-refractivity contribution is 5.85. The number of oxazole rings is 1. The van der Waals surface area contributed by atoms with Crippen LogP contribution in [0.3, 0.4) is 0 Å². The Morgan fingerprint density at radius 3 is 2.52 bits per heavy atom. The minimum absolute atomic E-state index is 0. The quantitative estimate of drug-likeness (QED) is 0.680. The molecule has 0 N–H and O–H groups in total. The van der Waals surface area contributed by atoms with Gasteiger partial charge in [0.15, 0.2) is 0 Å². The summed E-state index contributed by atoms with van der Waals surface area (Å²) in [7, 11) is 0. The van der Waals surface area contributed by atoms with E-state index in [9.17, 15) is 9.18 Å². The van der Waals surface area contributed by atoms with E-state index in [0.717, 1.165) is 0 Å². The van der Waals surface area contributed by atoms with Crippen molar-refractivity contribution in [3.63, 3.8) is 0 Å². The predicted molar refractivity (Wildman–Crippen MR) is 83.7 cm³/mol. The molecule has 1 aromatic carbocycles. The van der Waals surface area contributed by atoms with Gasteiger partial charge in [0.25, 0.3) is 5.88 Å². The van der Waals surface area contributed by atoms with E-state index in [1.165, 1.54) is 31.2 Å². The lowest BCUT2D eigenvalue weighted by Crippen LogP contribution is -2.02. The van der Waals surface area contributed by atoms with Gasteiger partial charge >= 0.3 is 5.97 Å². The molecule has 23 heavy (non-hydrogen) atoms. The zero-order valence-corrected chi connectivity index (χ0v) is 12.8. The first-order chi connectivity index (χ1) is 10.6. The van der Waals surface area contributed by atoms with Crippen molar-refractivity contribution in [1.82, 2.24) is 9.97 Å². The molecule has 0 aliphatic carbocycles. The molecule has 0 saturated carbocycles. The first kappa shape index (κ1) is 16.6. The van der Waals surface area contributed by atoms with E-state index in [1.54, 1.807) is 24.5 Å². The van der Waals surface area contributed by atoms with Gasteiger partial charge in [0, 0.05) is 30.4 Å². The van der Waals surface area contributed by atoms with Crippen LogP contribution in [0.4, 0.5) is 4.39 Å². The number of benzene rings is 1. The Balaban J connectivity index is 0.00000192. The molecule has 0 fully saturated rings. The van der Waals surface area contributed by atoms with Gasteiger partial charge in [-0.2, -0.15) is 4.98 Å². The van der Waals surface area contributed by atoms with Gasteiger partial charge in [0.2, 0.25) is 11.7 Å². The third kappa shape index (κ3) is 3.73. The second-order valence-corrected chi connectivity index (χ2v) is 4.50. The molecule has 0 spiro atoms. The van der Waals surface area contributed by atoms with Crippen molar-refractivity contribution in [1.29, 1.82) is 0 Å². The van der Waals surface area contributed by atoms with Crippen LogP contribution in [-0.4, -0.2) is 15.9 Å². The number of carbonyl (C=O) groups is 1. The standard InChI is InChI=1S/C16H11FN2O3.ClH/c1-10(20)21-16-14(12-3-2-8-18-9-12)22-15(19-16)11-4-6-13(17)7-5-11;/h2-9H,1H3;1H. The summed E-state index contributed by atoms with van der Waals surface area (Å²) in [4.78, 5) is 19.4. The lowest BCUT2D eigenvalue weighted by molar-refractivity contribution is -0.132. The van der Waals surface area contributed by atoms with E-state index in [1.807, 2.05) is 0 Å². The van der Waals surface area contributed by atoms with Crippen molar-refractivity contribution in [2.24, 2.45) is 0 Å². The molecule has 0 aliphatic rings. The Labute approximate surface area is 137 Å². The monoisotopic (exact) mass is 334 g/mol. The van der Waals surface area contributed by atoms with Crippen LogP contribution >= 0.6 is 12.4 Å². The predicted octanol–water partition coefficient (Wildman–Crippen LogP) is 3.89. The number of nitrogens with zero attached hydrogens (tertiary/aromatic N) is 2. The van der Waals surface area contributed by atoms with Crippen molar-refractivity contribution in [3.8, 4) is 28.7 Å². The fourth-order valence-electron chi connectivity index (χ4n) is 1.91. The van der Waals surface area contributed by atoms with Crippen LogP contribution in [0.1, 0.15) is 6.92 Å². The van der Waals surface area contributed by atoms with Crippen LogP contribution in [0, 0.1) is 5.82 Å². The molecule has 7 heteroatoms. The Morgan fingerprint density at radius 2 is 1.91 bits per heavy atom. The lowest BCUT2D eigenvalue weighted by atomic mass is 10.2. The van der Waals surface area contributed by atoms with Gasteiger partial charge in [-0.15, -0.1) is 12.4 Å². The zero-order valence-electron chi connectivity index (χ0n) is 12.0. The maximum atomic E-state index is 13.0. The summed E-state index contributed by atoms with van der Waals surface area (Å²) in [5.74, 6) is -0.287. The number of aromatic nitrogens is 2. The molecule has 0 amide bonds. The van der Waals surface area contributed by atoms with E-state index in [0.29, 0.717) is 16.9 Å². The number of rotatable bonds is 3. The second kappa shape index (κ2) is 7.02. The lowest BCUT2D eigenvalue weighted by Gasteiger charge is -1.99. The third-order valence-electron chi connectivity index (χ3n) is 2.85. The van der Waals surface area contributed by atoms with E-state index < -0.39 is 5.97 Å². The van der Waals surface area contributed by atoms with Crippen molar-refractivity contribution >= 4 is 18.4 Å². The summed E-state index contributed by atoms with van der Waals surface area (Å²) in [6.07, 6.45) is 3.19. The smallest absolute Gasteiger partial charge is 0.309 e. The van der Waals surface area contributed by atoms with Gasteiger partial charge in [0.1, 0.15) is 5.82 Å². The summed E-state index contributed by atoms with van der Waals surface area (Å²) in [5, 5.41) is 0. The third-order valence-corrected chi connectivity index (χ3v) is 2.85. The van der Waals surface area contributed by atoms with E-state index >= 15 is 0 Å². The van der Waals surface area contributed by atoms with Crippen LogP contribution in [0.15, 0.2) is 53.2 Å². The van der Waals surface area contributed by atoms with Gasteiger partial charge in [0.05, 0.1) is 0 Å². The van der Waals surface area contributed by atoms with Gasteiger partial charge in [-0.1, -0.05) is 0 Å². The highest BCUT2D eigenvalue weighted by Gasteiger charge is 2.19. The average molecular weight is 335 g/mol. The van der Waals surface area contributed by atoms with E-state index in [-0.39, 0.29) is 30.0 Å². The van der Waals surface area contributed by atoms with Crippen molar-refractivity contribution in [3.05, 3.63) is 54.6 Å². The number of hydrogen-bond acceptors (Lipinski definition) is 5. The van der Waals surface area contributed by atoms with Crippen molar-refractivity contribution in [2.75, 3.05) is 0 Å². The minimum atomic E-state index is -0.510. The van der Waals surface area contributed by atoms with Gasteiger partial charge in [-0.05, 0) is 36.4 Å². The van der Waals surface area contributed by atoms with Crippen LogP contribution < -0.4 is 4.74 Å². The first-order valence-corrected chi connectivity index (χ1v) is 6.49. The first-order valence-electron chi connectivity index (χ1n) is 6.49. The maximum Gasteiger partial charge on any atom is 0.309 e. The number of halogens is 2. The molecule has 0 aliphatic heterocycles. The van der Waals surface area contributed by atoms with Crippen LogP contribution in [0.2, 0.25) is 0 Å². The van der Waals surface area contributed by atoms with E-state index in [4.69, 9.17) is 9.15 Å². The Bertz CT molecular complexity index is 804. The molecule has 118 valence electrons. The fraction of sp³-hybridized carbons (Fsp3) is 0.0625. The Kier molecular flexibility index (Phi) is 5.08. The largest absolute Gasteiger partial charge is 0.432 e. The maximum absolute atomic E-state index is 13.0. The van der Waals surface area contributed by atoms with Gasteiger partial charge in [-0.3, -0.25) is 9.78 Å². The number of hydrogen-bond donors (Lipinski definition) is 0. The molecule has 0 saturated heterocycles. The SMILES string of the molecule is CC(=O)Oc1nc(-c2ccc(F)cc2)oc1-c1cccnc1.Cl. The minimum Gasteiger partial charge on any atom is -0.432 e. The van der Waals surface area contributed by atoms with Crippen LogP contribution in [-0.2, 0) is 4.79 Å². The summed E-state index contributed by atoms with van der Waals surface area (Å²) in [6, 6.07) is 9.16. The van der Waals surface area contributed by atoms with Crippen molar-refractivity contribution in [2.45, 2.75) is 6.92 Å². The number of esters is 1. The van der Waals surface area contributed by atoms with Crippen LogP contribution in [0.5, 0.6) is 5.88 Å². The average Bonchev–Trinajstić information content (AvgIpc) is 2.92. The summed E-state index contributed by atoms with van der Waals surface area (Å²) >= 11 is 0. The molecule has 2 heterocycles. The van der Waals surface area contributed by atoms with Crippen LogP contribution in [0.25, 0.3) is 22.8 Å². The number of pyridine rings is 1. The molecular weight excluding hydrogens is 323 g/mol. The van der Waals surface area contributed by atoms with Gasteiger partial charge < -0.3 is 9.15 Å². The molecular formula is C16H12ClFN2O3. The normalized spacial score (nSPS) is 10.0. The summed E-state index contributed by atoms with van der Waals surface area (Å²) in [5.41, 5.74) is 1.20. The fourth-order valence-corrected chi connectivity index (χ4v) is 1.91. The topological polar surface area (TPSA) is 65.2 Å². The Hall–Kier alpha value is -2.73. The number of carbonyl (C=O) groups excluding carboxylic acids is 1. The molecule has 3 aromatic rings. The summed E-state index contributed by atoms with van der Waals surface area (Å²) in [6.45, 7) is 1.28. The highest BCUT2D eigenvalue weighted by Crippen LogP contribution is 2.34. The highest BCUT2D eigenvalue weighted by atomic mass is 35.5. The molecule has 0 atom stereocenters. The molecule has 0 bridgehead atoms. The molecule has 0 radical (unpaired) electrons. The molecule has 2 aromatic heterocycles.